The molecule has 0 aromatic heterocycles. The molecule has 1 unspecified atom stereocenters. The Morgan fingerprint density at radius 1 is 0.900 bits per heavy atom. The van der Waals surface area contributed by atoms with E-state index in [2.05, 4.69) is 20.7 Å². The largest absolute Gasteiger partial charge is 0.508 e. The van der Waals surface area contributed by atoms with Crippen molar-refractivity contribution in [1.29, 1.82) is 0 Å². The molecule has 0 aliphatic carbocycles. The zero-order chi connectivity index (χ0) is 21.3. The van der Waals surface area contributed by atoms with Crippen molar-refractivity contribution in [3.63, 3.8) is 0 Å². The van der Waals surface area contributed by atoms with E-state index in [0.717, 1.165) is 26.4 Å². The quantitative estimate of drug-likeness (QED) is 0.385. The zero-order valence-electron chi connectivity index (χ0n) is 16.2. The minimum Gasteiger partial charge on any atom is -0.508 e. The highest BCUT2D eigenvalue weighted by molar-refractivity contribution is 9.10. The normalized spacial score (nSPS) is 12.7. The third-order valence-corrected chi connectivity index (χ3v) is 6.96. The molecule has 4 aromatic carbocycles. The molecule has 0 aliphatic rings. The Labute approximate surface area is 184 Å². The van der Waals surface area contributed by atoms with Crippen LogP contribution in [0.15, 0.2) is 94.3 Å². The highest BCUT2D eigenvalue weighted by Gasteiger charge is 2.26. The van der Waals surface area contributed by atoms with Crippen LogP contribution in [0.3, 0.4) is 0 Å². The van der Waals surface area contributed by atoms with Gasteiger partial charge in [0.05, 0.1) is 10.9 Å². The molecule has 0 aliphatic heterocycles. The summed E-state index contributed by atoms with van der Waals surface area (Å²) in [6.45, 7) is 1.91. The molecule has 0 bridgehead atoms. The van der Waals surface area contributed by atoms with E-state index in [9.17, 15) is 13.5 Å². The van der Waals surface area contributed by atoms with Gasteiger partial charge in [-0.3, -0.25) is 0 Å². The molecular weight excluding hydrogens is 462 g/mol. The van der Waals surface area contributed by atoms with E-state index in [0.29, 0.717) is 5.56 Å². The second-order valence-electron chi connectivity index (χ2n) is 7.14. The fourth-order valence-electron chi connectivity index (χ4n) is 3.50. The molecule has 4 nitrogen and oxygen atoms in total. The summed E-state index contributed by atoms with van der Waals surface area (Å²) in [5, 5.41) is 12.4. The third kappa shape index (κ3) is 4.12. The van der Waals surface area contributed by atoms with Crippen molar-refractivity contribution >= 4 is 36.7 Å². The first-order valence-corrected chi connectivity index (χ1v) is 11.7. The summed E-state index contributed by atoms with van der Waals surface area (Å²) in [5.41, 5.74) is 2.23. The summed E-state index contributed by atoms with van der Waals surface area (Å²) >= 11 is 3.47. The molecule has 0 amide bonds. The Hall–Kier alpha value is -2.67. The molecule has 4 rings (SSSR count). The summed E-state index contributed by atoms with van der Waals surface area (Å²) in [4.78, 5) is 0.177. The van der Waals surface area contributed by atoms with Crippen LogP contribution in [0.1, 0.15) is 22.7 Å². The molecule has 152 valence electrons. The van der Waals surface area contributed by atoms with E-state index in [1.54, 1.807) is 30.3 Å². The first-order valence-electron chi connectivity index (χ1n) is 9.40. The van der Waals surface area contributed by atoms with Gasteiger partial charge in [-0.15, -0.1) is 0 Å². The van der Waals surface area contributed by atoms with E-state index in [1.807, 2.05) is 61.5 Å². The topological polar surface area (TPSA) is 66.4 Å². The van der Waals surface area contributed by atoms with Gasteiger partial charge in [0.15, 0.2) is 0 Å². The molecule has 0 radical (unpaired) electrons. The summed E-state index contributed by atoms with van der Waals surface area (Å²) in [5.74, 6) is 0.0327. The van der Waals surface area contributed by atoms with E-state index < -0.39 is 16.1 Å². The molecule has 6 heteroatoms. The smallest absolute Gasteiger partial charge is 0.241 e. The number of aryl methyl sites for hydroxylation is 1. The van der Waals surface area contributed by atoms with Crippen LogP contribution in [-0.4, -0.2) is 13.5 Å². The van der Waals surface area contributed by atoms with Crippen molar-refractivity contribution in [2.45, 2.75) is 17.9 Å². The summed E-state index contributed by atoms with van der Waals surface area (Å²) < 4.78 is 30.1. The fraction of sp³-hybridized carbons (Fsp3) is 0.0833. The van der Waals surface area contributed by atoms with Crippen LogP contribution in [0.5, 0.6) is 5.75 Å². The molecule has 0 heterocycles. The van der Waals surface area contributed by atoms with E-state index in [1.165, 1.54) is 0 Å². The average molecular weight is 482 g/mol. The Kier molecular flexibility index (Phi) is 5.64. The average Bonchev–Trinajstić information content (AvgIpc) is 2.73. The van der Waals surface area contributed by atoms with Crippen LogP contribution in [0.4, 0.5) is 0 Å². The molecule has 4 aromatic rings. The molecule has 30 heavy (non-hydrogen) atoms. The van der Waals surface area contributed by atoms with Crippen LogP contribution in [0.2, 0.25) is 0 Å². The lowest BCUT2D eigenvalue weighted by atomic mass is 9.93. The van der Waals surface area contributed by atoms with Crippen LogP contribution < -0.4 is 4.72 Å². The van der Waals surface area contributed by atoms with Gasteiger partial charge in [-0.05, 0) is 53.6 Å². The second kappa shape index (κ2) is 8.22. The summed E-state index contributed by atoms with van der Waals surface area (Å²) in [6.07, 6.45) is 0. The fourth-order valence-corrected chi connectivity index (χ4v) is 5.07. The summed E-state index contributed by atoms with van der Waals surface area (Å²) in [6, 6.07) is 24.3. The van der Waals surface area contributed by atoms with Crippen LogP contribution in [-0.2, 0) is 10.0 Å². The number of phenols is 1. The van der Waals surface area contributed by atoms with Gasteiger partial charge in [0, 0.05) is 10.0 Å². The number of benzene rings is 4. The number of hydrogen-bond acceptors (Lipinski definition) is 3. The molecular formula is C24H20BrNO3S. The minimum absolute atomic E-state index is 0.0327. The first-order chi connectivity index (χ1) is 14.3. The van der Waals surface area contributed by atoms with Crippen LogP contribution in [0.25, 0.3) is 10.8 Å². The van der Waals surface area contributed by atoms with Gasteiger partial charge in [-0.25, -0.2) is 8.42 Å². The lowest BCUT2D eigenvalue weighted by Crippen LogP contribution is -2.29. The predicted octanol–water partition coefficient (Wildman–Crippen LogP) is 5.68. The van der Waals surface area contributed by atoms with Crippen molar-refractivity contribution in [3.8, 4) is 5.75 Å². The number of sulfonamides is 1. The van der Waals surface area contributed by atoms with Crippen molar-refractivity contribution in [1.82, 2.24) is 4.72 Å². The zero-order valence-corrected chi connectivity index (χ0v) is 18.6. The van der Waals surface area contributed by atoms with Crippen molar-refractivity contribution < 1.29 is 13.5 Å². The third-order valence-electron chi connectivity index (χ3n) is 5.03. The minimum atomic E-state index is -3.84. The van der Waals surface area contributed by atoms with Gasteiger partial charge in [0.1, 0.15) is 5.75 Å². The van der Waals surface area contributed by atoms with E-state index >= 15 is 0 Å². The van der Waals surface area contributed by atoms with E-state index in [4.69, 9.17) is 0 Å². The van der Waals surface area contributed by atoms with Gasteiger partial charge < -0.3 is 5.11 Å². The lowest BCUT2D eigenvalue weighted by molar-refractivity contribution is 0.464. The van der Waals surface area contributed by atoms with Crippen molar-refractivity contribution in [2.75, 3.05) is 0 Å². The van der Waals surface area contributed by atoms with Gasteiger partial charge in [0.25, 0.3) is 0 Å². The van der Waals surface area contributed by atoms with E-state index in [-0.39, 0.29) is 10.6 Å². The lowest BCUT2D eigenvalue weighted by Gasteiger charge is -2.22. The van der Waals surface area contributed by atoms with Gasteiger partial charge >= 0.3 is 0 Å². The van der Waals surface area contributed by atoms with Gasteiger partial charge in [-0.2, -0.15) is 4.72 Å². The molecule has 0 saturated heterocycles. The standard InChI is InChI=1S/C24H20BrNO3S/c1-16-7-11-20(12-8-16)30(28,29)26-24(17-5-3-2-4-6-17)23-21-13-10-19(25)15-18(21)9-14-22(23)27/h2-15,24,26-27H,1H3. The second-order valence-corrected chi connectivity index (χ2v) is 9.77. The van der Waals surface area contributed by atoms with Crippen LogP contribution >= 0.6 is 15.9 Å². The summed E-state index contributed by atoms with van der Waals surface area (Å²) in [7, 11) is -3.84. The molecule has 0 saturated carbocycles. The number of nitrogens with one attached hydrogen (secondary N) is 1. The molecule has 0 spiro atoms. The highest BCUT2D eigenvalue weighted by Crippen LogP contribution is 2.37. The highest BCUT2D eigenvalue weighted by atomic mass is 79.9. The first kappa shape index (κ1) is 20.6. The SMILES string of the molecule is Cc1ccc(S(=O)(=O)NC(c2ccccc2)c2c(O)ccc3cc(Br)ccc23)cc1. The van der Waals surface area contributed by atoms with Crippen molar-refractivity contribution in [2.24, 2.45) is 0 Å². The molecule has 0 fully saturated rings. The number of halogens is 1. The van der Waals surface area contributed by atoms with Crippen LogP contribution in [0, 0.1) is 6.92 Å². The maximum absolute atomic E-state index is 13.2. The van der Waals surface area contributed by atoms with Crippen molar-refractivity contribution in [3.05, 3.63) is 106 Å². The number of phenolic OH excluding ortho intramolecular Hbond substituents is 1. The molecule has 1 atom stereocenters. The maximum Gasteiger partial charge on any atom is 0.241 e. The van der Waals surface area contributed by atoms with Gasteiger partial charge in [0.2, 0.25) is 10.0 Å². The number of rotatable bonds is 5. The predicted molar refractivity (Wildman–Crippen MR) is 123 cm³/mol. The number of fused-ring (bicyclic) bond motifs is 1. The maximum atomic E-state index is 13.2. The Bertz CT molecular complexity index is 1300. The Morgan fingerprint density at radius 2 is 1.60 bits per heavy atom. The monoisotopic (exact) mass is 481 g/mol. The van der Waals surface area contributed by atoms with Gasteiger partial charge in [-0.1, -0.05) is 76.1 Å². The Morgan fingerprint density at radius 3 is 2.30 bits per heavy atom. The number of aromatic hydroxyl groups is 1. The number of hydrogen-bond donors (Lipinski definition) is 2. The molecule has 2 N–H and O–H groups in total. The Balaban J connectivity index is 1.90.